The van der Waals surface area contributed by atoms with Crippen molar-refractivity contribution in [3.8, 4) is 0 Å². The first-order chi connectivity index (χ1) is 9.47. The van der Waals surface area contributed by atoms with Gasteiger partial charge in [-0.25, -0.2) is 9.59 Å². The van der Waals surface area contributed by atoms with E-state index in [-0.39, 0.29) is 17.3 Å². The van der Waals surface area contributed by atoms with Crippen molar-refractivity contribution in [2.75, 3.05) is 38.5 Å². The number of rotatable bonds is 2. The molecule has 0 saturated carbocycles. The van der Waals surface area contributed by atoms with E-state index in [1.54, 1.807) is 4.90 Å². The lowest BCUT2D eigenvalue weighted by Crippen LogP contribution is -2.48. The standard InChI is InChI=1S/C13H16ClN3O3/c1-16-4-6-17(7-5-16)13(20)15-11-8-9(14)2-3-10(11)12(18)19/h2-3,8H,4-7H2,1H3,(H,15,20)(H,18,19). The normalized spacial score (nSPS) is 16.0. The van der Waals surface area contributed by atoms with Crippen molar-refractivity contribution in [3.63, 3.8) is 0 Å². The molecule has 0 bridgehead atoms. The van der Waals surface area contributed by atoms with E-state index in [0.29, 0.717) is 18.1 Å². The van der Waals surface area contributed by atoms with Crippen molar-refractivity contribution < 1.29 is 14.7 Å². The number of hydrogen-bond donors (Lipinski definition) is 2. The molecule has 1 saturated heterocycles. The van der Waals surface area contributed by atoms with E-state index >= 15 is 0 Å². The van der Waals surface area contributed by atoms with Crippen LogP contribution in [-0.2, 0) is 0 Å². The van der Waals surface area contributed by atoms with Gasteiger partial charge in [-0.05, 0) is 25.2 Å². The number of carbonyl (C=O) groups excluding carboxylic acids is 1. The van der Waals surface area contributed by atoms with Crippen molar-refractivity contribution in [1.82, 2.24) is 9.80 Å². The largest absolute Gasteiger partial charge is 0.478 e. The quantitative estimate of drug-likeness (QED) is 0.873. The molecule has 1 fully saturated rings. The topological polar surface area (TPSA) is 72.9 Å². The summed E-state index contributed by atoms with van der Waals surface area (Å²) in [6.45, 7) is 2.83. The maximum absolute atomic E-state index is 12.1. The van der Waals surface area contributed by atoms with Crippen LogP contribution in [0.3, 0.4) is 0 Å². The molecule has 1 aromatic carbocycles. The molecule has 0 atom stereocenters. The molecule has 20 heavy (non-hydrogen) atoms. The van der Waals surface area contributed by atoms with Gasteiger partial charge in [0.1, 0.15) is 0 Å². The summed E-state index contributed by atoms with van der Waals surface area (Å²) < 4.78 is 0. The zero-order valence-corrected chi connectivity index (χ0v) is 11.9. The summed E-state index contributed by atoms with van der Waals surface area (Å²) in [7, 11) is 1.99. The maximum atomic E-state index is 12.1. The lowest BCUT2D eigenvalue weighted by Gasteiger charge is -2.32. The van der Waals surface area contributed by atoms with Crippen LogP contribution in [0.15, 0.2) is 18.2 Å². The van der Waals surface area contributed by atoms with Gasteiger partial charge in [0, 0.05) is 31.2 Å². The number of hydrogen-bond acceptors (Lipinski definition) is 3. The van der Waals surface area contributed by atoms with Gasteiger partial charge in [0.05, 0.1) is 11.3 Å². The smallest absolute Gasteiger partial charge is 0.337 e. The van der Waals surface area contributed by atoms with E-state index in [4.69, 9.17) is 16.7 Å². The number of aromatic carboxylic acids is 1. The first kappa shape index (κ1) is 14.6. The Kier molecular flexibility index (Phi) is 4.46. The van der Waals surface area contributed by atoms with Crippen LogP contribution in [0, 0.1) is 0 Å². The molecule has 0 unspecified atom stereocenters. The van der Waals surface area contributed by atoms with Crippen LogP contribution in [0.2, 0.25) is 5.02 Å². The molecule has 0 spiro atoms. The number of likely N-dealkylation sites (N-methyl/N-ethyl adjacent to an activating group) is 1. The SMILES string of the molecule is CN1CCN(C(=O)Nc2cc(Cl)ccc2C(=O)O)CC1. The Balaban J connectivity index is 2.11. The van der Waals surface area contributed by atoms with Crippen molar-refractivity contribution in [3.05, 3.63) is 28.8 Å². The van der Waals surface area contributed by atoms with Gasteiger partial charge in [-0.1, -0.05) is 11.6 Å². The lowest BCUT2D eigenvalue weighted by atomic mass is 10.2. The van der Waals surface area contributed by atoms with Crippen molar-refractivity contribution in [1.29, 1.82) is 0 Å². The van der Waals surface area contributed by atoms with Crippen molar-refractivity contribution >= 4 is 29.3 Å². The summed E-state index contributed by atoms with van der Waals surface area (Å²) in [5.41, 5.74) is 0.241. The number of urea groups is 1. The van der Waals surface area contributed by atoms with E-state index in [1.165, 1.54) is 18.2 Å². The highest BCUT2D eigenvalue weighted by Crippen LogP contribution is 2.21. The van der Waals surface area contributed by atoms with Crippen LogP contribution in [0.1, 0.15) is 10.4 Å². The average Bonchev–Trinajstić information content (AvgIpc) is 2.39. The predicted molar refractivity (Wildman–Crippen MR) is 76.5 cm³/mol. The van der Waals surface area contributed by atoms with Crippen LogP contribution < -0.4 is 5.32 Å². The molecular formula is C13H16ClN3O3. The minimum absolute atomic E-state index is 0.0249. The number of piperazine rings is 1. The second kappa shape index (κ2) is 6.11. The molecule has 1 heterocycles. The number of nitrogens with one attached hydrogen (secondary N) is 1. The Bertz CT molecular complexity index is 528. The Labute approximate surface area is 121 Å². The highest BCUT2D eigenvalue weighted by Gasteiger charge is 2.20. The number of carboxylic acid groups (broad SMARTS) is 1. The summed E-state index contributed by atoms with van der Waals surface area (Å²) in [6.07, 6.45) is 0. The fourth-order valence-corrected chi connectivity index (χ4v) is 2.18. The molecule has 0 aliphatic carbocycles. The van der Waals surface area contributed by atoms with Crippen LogP contribution in [0.25, 0.3) is 0 Å². The third-order valence-corrected chi connectivity index (χ3v) is 3.48. The van der Waals surface area contributed by atoms with E-state index in [1.807, 2.05) is 7.05 Å². The first-order valence-electron chi connectivity index (χ1n) is 6.24. The lowest BCUT2D eigenvalue weighted by molar-refractivity contribution is 0.0698. The number of amides is 2. The fraction of sp³-hybridized carbons (Fsp3) is 0.385. The van der Waals surface area contributed by atoms with Gasteiger partial charge in [-0.2, -0.15) is 0 Å². The monoisotopic (exact) mass is 297 g/mol. The van der Waals surface area contributed by atoms with Gasteiger partial charge in [0.15, 0.2) is 0 Å². The summed E-state index contributed by atoms with van der Waals surface area (Å²) in [4.78, 5) is 27.0. The first-order valence-corrected chi connectivity index (χ1v) is 6.62. The number of carbonyl (C=O) groups is 2. The van der Waals surface area contributed by atoms with E-state index < -0.39 is 5.97 Å². The molecule has 1 aromatic rings. The molecule has 7 heteroatoms. The predicted octanol–water partition coefficient (Wildman–Crippen LogP) is 1.82. The second-order valence-electron chi connectivity index (χ2n) is 4.72. The third kappa shape index (κ3) is 3.40. The third-order valence-electron chi connectivity index (χ3n) is 3.24. The molecular weight excluding hydrogens is 282 g/mol. The second-order valence-corrected chi connectivity index (χ2v) is 5.15. The molecule has 108 valence electrons. The fourth-order valence-electron chi connectivity index (χ4n) is 2.01. The molecule has 1 aliphatic rings. The molecule has 2 amide bonds. The van der Waals surface area contributed by atoms with Gasteiger partial charge in [0.25, 0.3) is 0 Å². The Morgan fingerprint density at radius 1 is 1.25 bits per heavy atom. The van der Waals surface area contributed by atoms with Gasteiger partial charge in [-0.3, -0.25) is 0 Å². The Hall–Kier alpha value is -1.79. The number of benzene rings is 1. The van der Waals surface area contributed by atoms with E-state index in [2.05, 4.69) is 10.2 Å². The summed E-state index contributed by atoms with van der Waals surface area (Å²) in [5.74, 6) is -1.10. The van der Waals surface area contributed by atoms with Gasteiger partial charge < -0.3 is 20.2 Å². The van der Waals surface area contributed by atoms with Crippen molar-refractivity contribution in [2.24, 2.45) is 0 Å². The maximum Gasteiger partial charge on any atom is 0.337 e. The molecule has 6 nitrogen and oxygen atoms in total. The molecule has 2 N–H and O–H groups in total. The highest BCUT2D eigenvalue weighted by atomic mass is 35.5. The van der Waals surface area contributed by atoms with E-state index in [0.717, 1.165) is 13.1 Å². The number of halogens is 1. The minimum Gasteiger partial charge on any atom is -0.478 e. The molecule has 0 aromatic heterocycles. The zero-order chi connectivity index (χ0) is 14.7. The van der Waals surface area contributed by atoms with Crippen molar-refractivity contribution in [2.45, 2.75) is 0 Å². The Morgan fingerprint density at radius 2 is 1.90 bits per heavy atom. The number of carboxylic acids is 1. The highest BCUT2D eigenvalue weighted by molar-refractivity contribution is 6.31. The molecule has 1 aliphatic heterocycles. The van der Waals surface area contributed by atoms with Gasteiger partial charge >= 0.3 is 12.0 Å². The van der Waals surface area contributed by atoms with Crippen LogP contribution in [-0.4, -0.2) is 60.1 Å². The average molecular weight is 298 g/mol. The summed E-state index contributed by atoms with van der Waals surface area (Å²) in [5, 5.41) is 12.1. The van der Waals surface area contributed by atoms with Crippen LogP contribution in [0.5, 0.6) is 0 Å². The van der Waals surface area contributed by atoms with Crippen LogP contribution in [0.4, 0.5) is 10.5 Å². The molecule has 0 radical (unpaired) electrons. The minimum atomic E-state index is -1.10. The van der Waals surface area contributed by atoms with Gasteiger partial charge in [0.2, 0.25) is 0 Å². The summed E-state index contributed by atoms with van der Waals surface area (Å²) in [6, 6.07) is 4.00. The zero-order valence-electron chi connectivity index (χ0n) is 11.1. The number of nitrogens with zero attached hydrogens (tertiary/aromatic N) is 2. The summed E-state index contributed by atoms with van der Waals surface area (Å²) >= 11 is 5.85. The Morgan fingerprint density at radius 3 is 2.50 bits per heavy atom. The van der Waals surface area contributed by atoms with Gasteiger partial charge in [-0.15, -0.1) is 0 Å². The van der Waals surface area contributed by atoms with E-state index in [9.17, 15) is 9.59 Å². The molecule has 2 rings (SSSR count). The number of anilines is 1. The van der Waals surface area contributed by atoms with Crippen LogP contribution >= 0.6 is 11.6 Å².